The smallest absolute Gasteiger partial charge is 0.263 e. The number of nitrogens with zero attached hydrogens (tertiary/aromatic N) is 1. The van der Waals surface area contributed by atoms with Crippen LogP contribution in [0.1, 0.15) is 6.42 Å². The van der Waals surface area contributed by atoms with Gasteiger partial charge in [0.2, 0.25) is 6.41 Å². The quantitative estimate of drug-likeness (QED) is 0.457. The van der Waals surface area contributed by atoms with Gasteiger partial charge in [0, 0.05) is 6.42 Å². The molecule has 1 unspecified atom stereocenters. The average molecular weight is 140 g/mol. The van der Waals surface area contributed by atoms with Crippen molar-refractivity contribution in [3.05, 3.63) is 0 Å². The number of hydrazone groups is 1. The number of nitrogens with one attached hydrogen (secondary N) is 2. The Kier molecular flexibility index (Phi) is 1.99. The summed E-state index contributed by atoms with van der Waals surface area (Å²) in [5.74, 6) is -0.300. The molecular weight excluding hydrogens is 134 g/mol. The van der Waals surface area contributed by atoms with Crippen LogP contribution in [-0.2, 0) is 9.59 Å². The summed E-state index contributed by atoms with van der Waals surface area (Å²) >= 11 is 0. The molecule has 1 rings (SSSR count). The summed E-state index contributed by atoms with van der Waals surface area (Å²) in [5.41, 5.74) is 2.17. The molecule has 1 radical (unpaired) electrons. The first-order valence-corrected chi connectivity index (χ1v) is 2.76. The number of carbonyl (C=O) groups excluding carboxylic acids is 2. The second-order valence-electron chi connectivity index (χ2n) is 1.79. The maximum absolute atomic E-state index is 10.7. The van der Waals surface area contributed by atoms with Crippen molar-refractivity contribution in [2.45, 2.75) is 12.5 Å². The molecule has 0 aromatic heterocycles. The van der Waals surface area contributed by atoms with Gasteiger partial charge in [-0.2, -0.15) is 5.10 Å². The van der Waals surface area contributed by atoms with Gasteiger partial charge in [-0.3, -0.25) is 9.59 Å². The predicted molar refractivity (Wildman–Crippen MR) is 33.2 cm³/mol. The molecule has 0 aromatic rings. The molecule has 0 aromatic carbocycles. The van der Waals surface area contributed by atoms with E-state index < -0.39 is 6.04 Å². The van der Waals surface area contributed by atoms with Gasteiger partial charge in [-0.15, -0.1) is 0 Å². The van der Waals surface area contributed by atoms with Crippen LogP contribution in [0.25, 0.3) is 0 Å². The van der Waals surface area contributed by atoms with E-state index in [1.54, 1.807) is 0 Å². The minimum absolute atomic E-state index is 0.300. The summed E-state index contributed by atoms with van der Waals surface area (Å²) < 4.78 is 0. The van der Waals surface area contributed by atoms with Gasteiger partial charge in [-0.05, 0) is 0 Å². The van der Waals surface area contributed by atoms with E-state index >= 15 is 0 Å². The molecule has 1 aliphatic rings. The number of amides is 2. The Morgan fingerprint density at radius 2 is 2.70 bits per heavy atom. The topological polar surface area (TPSA) is 70.6 Å². The molecule has 1 heterocycles. The SMILES string of the molecule is O=CNC1C[C]=NNC1=O. The molecule has 0 saturated heterocycles. The summed E-state index contributed by atoms with van der Waals surface area (Å²) in [7, 11) is 0. The lowest BCUT2D eigenvalue weighted by Gasteiger charge is -2.13. The molecule has 2 N–H and O–H groups in total. The van der Waals surface area contributed by atoms with Crippen LogP contribution < -0.4 is 10.7 Å². The normalized spacial score (nSPS) is 23.6. The van der Waals surface area contributed by atoms with E-state index in [2.05, 4.69) is 22.1 Å². The van der Waals surface area contributed by atoms with E-state index in [0.717, 1.165) is 0 Å². The van der Waals surface area contributed by atoms with Crippen LogP contribution in [0.3, 0.4) is 0 Å². The maximum atomic E-state index is 10.7. The standard InChI is InChI=1S/C5H6N3O2/c9-3-6-4-1-2-7-8-5(4)10/h3-4H,1H2,(H,6,9)(H,8,10). The van der Waals surface area contributed by atoms with Crippen molar-refractivity contribution < 1.29 is 9.59 Å². The fourth-order valence-electron chi connectivity index (χ4n) is 0.619. The Balaban J connectivity index is 2.50. The minimum atomic E-state index is -0.505. The molecule has 5 nitrogen and oxygen atoms in total. The highest BCUT2D eigenvalue weighted by molar-refractivity contribution is 5.88. The molecule has 0 saturated carbocycles. The van der Waals surface area contributed by atoms with E-state index in [1.165, 1.54) is 0 Å². The second kappa shape index (κ2) is 2.95. The molecule has 1 atom stereocenters. The second-order valence-corrected chi connectivity index (χ2v) is 1.79. The first kappa shape index (κ1) is 6.73. The summed E-state index contributed by atoms with van der Waals surface area (Å²) in [6, 6.07) is -0.505. The van der Waals surface area contributed by atoms with Crippen LogP contribution in [0.5, 0.6) is 0 Å². The lowest BCUT2D eigenvalue weighted by atomic mass is 10.2. The molecule has 5 heteroatoms. The summed E-state index contributed by atoms with van der Waals surface area (Å²) in [4.78, 5) is 20.6. The van der Waals surface area contributed by atoms with Gasteiger partial charge in [-0.1, -0.05) is 0 Å². The maximum Gasteiger partial charge on any atom is 0.263 e. The van der Waals surface area contributed by atoms with Gasteiger partial charge in [-0.25, -0.2) is 5.43 Å². The van der Waals surface area contributed by atoms with E-state index in [1.807, 2.05) is 0 Å². The first-order chi connectivity index (χ1) is 4.84. The zero-order valence-corrected chi connectivity index (χ0v) is 5.13. The Hall–Kier alpha value is -1.39. The number of hydrogen-bond donors (Lipinski definition) is 2. The van der Waals surface area contributed by atoms with Crippen LogP contribution in [0.15, 0.2) is 5.10 Å². The first-order valence-electron chi connectivity index (χ1n) is 2.76. The molecule has 10 heavy (non-hydrogen) atoms. The van der Waals surface area contributed by atoms with Gasteiger partial charge in [0.15, 0.2) is 0 Å². The van der Waals surface area contributed by atoms with E-state index in [0.29, 0.717) is 12.8 Å². The van der Waals surface area contributed by atoms with Gasteiger partial charge in [0.1, 0.15) is 6.04 Å². The Morgan fingerprint density at radius 1 is 1.90 bits per heavy atom. The molecule has 0 bridgehead atoms. The highest BCUT2D eigenvalue weighted by Crippen LogP contribution is 1.92. The van der Waals surface area contributed by atoms with Crippen molar-refractivity contribution in [3.63, 3.8) is 0 Å². The van der Waals surface area contributed by atoms with Crippen LogP contribution in [0.2, 0.25) is 0 Å². The van der Waals surface area contributed by atoms with E-state index in [9.17, 15) is 9.59 Å². The average Bonchev–Trinajstić information content (AvgIpc) is 1.94. The molecule has 0 fully saturated rings. The molecular formula is C5H6N3O2. The van der Waals surface area contributed by atoms with Crippen molar-refractivity contribution in [1.82, 2.24) is 10.7 Å². The number of hydrogen-bond acceptors (Lipinski definition) is 3. The van der Waals surface area contributed by atoms with Crippen molar-refractivity contribution >= 4 is 18.5 Å². The third-order valence-electron chi connectivity index (χ3n) is 1.13. The lowest BCUT2D eigenvalue weighted by Crippen LogP contribution is -2.44. The Morgan fingerprint density at radius 3 is 3.30 bits per heavy atom. The lowest BCUT2D eigenvalue weighted by molar-refractivity contribution is -0.125. The molecule has 2 amide bonds. The van der Waals surface area contributed by atoms with Gasteiger partial charge < -0.3 is 5.32 Å². The minimum Gasteiger partial charge on any atom is -0.346 e. The summed E-state index contributed by atoms with van der Waals surface area (Å²) in [6.07, 6.45) is 3.34. The Labute approximate surface area is 57.5 Å². The van der Waals surface area contributed by atoms with Crippen molar-refractivity contribution in [1.29, 1.82) is 0 Å². The van der Waals surface area contributed by atoms with Crippen molar-refractivity contribution in [3.8, 4) is 0 Å². The van der Waals surface area contributed by atoms with Crippen LogP contribution in [0, 0.1) is 0 Å². The van der Waals surface area contributed by atoms with Crippen LogP contribution >= 0.6 is 0 Å². The predicted octanol–water partition coefficient (Wildman–Crippen LogP) is -1.52. The van der Waals surface area contributed by atoms with Crippen molar-refractivity contribution in [2.75, 3.05) is 0 Å². The van der Waals surface area contributed by atoms with Crippen LogP contribution in [0.4, 0.5) is 0 Å². The zero-order valence-electron chi connectivity index (χ0n) is 5.13. The highest BCUT2D eigenvalue weighted by atomic mass is 16.2. The summed E-state index contributed by atoms with van der Waals surface area (Å²) in [5, 5.41) is 5.70. The third kappa shape index (κ3) is 1.31. The van der Waals surface area contributed by atoms with E-state index in [-0.39, 0.29) is 5.91 Å². The van der Waals surface area contributed by atoms with Gasteiger partial charge in [0.05, 0.1) is 6.21 Å². The molecule has 1 aliphatic heterocycles. The van der Waals surface area contributed by atoms with Crippen molar-refractivity contribution in [2.24, 2.45) is 5.10 Å². The monoisotopic (exact) mass is 140 g/mol. The summed E-state index contributed by atoms with van der Waals surface area (Å²) in [6.45, 7) is 0. The number of carbonyl (C=O) groups is 2. The van der Waals surface area contributed by atoms with Gasteiger partial charge >= 0.3 is 0 Å². The third-order valence-corrected chi connectivity index (χ3v) is 1.13. The van der Waals surface area contributed by atoms with E-state index in [4.69, 9.17) is 0 Å². The fraction of sp³-hybridized carbons (Fsp3) is 0.400. The molecule has 0 spiro atoms. The zero-order chi connectivity index (χ0) is 7.40. The fourth-order valence-corrected chi connectivity index (χ4v) is 0.619. The molecule has 53 valence electrons. The number of rotatable bonds is 2. The van der Waals surface area contributed by atoms with Gasteiger partial charge in [0.25, 0.3) is 5.91 Å². The van der Waals surface area contributed by atoms with Crippen LogP contribution in [-0.4, -0.2) is 24.6 Å². The molecule has 0 aliphatic carbocycles. The largest absolute Gasteiger partial charge is 0.346 e. The Bertz CT molecular complexity index is 178. The highest BCUT2D eigenvalue weighted by Gasteiger charge is 2.18.